The summed E-state index contributed by atoms with van der Waals surface area (Å²) in [5.41, 5.74) is -1.25. The second-order valence-electron chi connectivity index (χ2n) is 5.20. The number of nitrogens with zero attached hydrogens (tertiary/aromatic N) is 3. The Bertz CT molecular complexity index is 1250. The minimum Gasteiger partial charge on any atom is -0.462 e. The third-order valence-corrected chi connectivity index (χ3v) is 4.54. The fraction of sp³-hybridized carbons (Fsp3) is 0.0556. The quantitative estimate of drug-likeness (QED) is 0.693. The van der Waals surface area contributed by atoms with E-state index in [0.29, 0.717) is 17.6 Å². The summed E-state index contributed by atoms with van der Waals surface area (Å²) >= 11 is 0.848. The molecule has 0 unspecified atom stereocenters. The summed E-state index contributed by atoms with van der Waals surface area (Å²) in [7, 11) is 0. The predicted octanol–water partition coefficient (Wildman–Crippen LogP) is 2.11. The molecule has 0 amide bonds. The molecule has 8 heteroatoms. The highest BCUT2D eigenvalue weighted by Gasteiger charge is 2.15. The van der Waals surface area contributed by atoms with Crippen molar-refractivity contribution >= 4 is 23.0 Å². The Morgan fingerprint density at radius 3 is 2.54 bits per heavy atom. The van der Waals surface area contributed by atoms with Crippen LogP contribution in [0.4, 0.5) is 8.78 Å². The third kappa shape index (κ3) is 3.06. The van der Waals surface area contributed by atoms with E-state index in [9.17, 15) is 13.6 Å². The molecule has 2 heterocycles. The van der Waals surface area contributed by atoms with Gasteiger partial charge in [0.25, 0.3) is 5.56 Å². The smallest absolute Gasteiger partial charge is 0.273 e. The van der Waals surface area contributed by atoms with Crippen molar-refractivity contribution in [2.75, 3.05) is 0 Å². The van der Waals surface area contributed by atoms with Crippen molar-refractivity contribution < 1.29 is 13.2 Å². The van der Waals surface area contributed by atoms with Crippen LogP contribution in [0.5, 0.6) is 0 Å². The van der Waals surface area contributed by atoms with Gasteiger partial charge in [-0.2, -0.15) is 10.5 Å². The van der Waals surface area contributed by atoms with Crippen molar-refractivity contribution in [1.82, 2.24) is 4.57 Å². The molecular weight excluding hydrogens is 360 g/mol. The molecule has 128 valence electrons. The van der Waals surface area contributed by atoms with Crippen LogP contribution in [0, 0.1) is 41.2 Å². The summed E-state index contributed by atoms with van der Waals surface area (Å²) in [5.74, 6) is -0.755. The number of aryl methyl sites for hydroxylation is 1. The van der Waals surface area contributed by atoms with Gasteiger partial charge in [0.2, 0.25) is 0 Å². The molecule has 0 N–H and O–H groups in total. The lowest BCUT2D eigenvalue weighted by Crippen LogP contribution is -2.31. The highest BCUT2D eigenvalue weighted by molar-refractivity contribution is 7.07. The maximum Gasteiger partial charge on any atom is 0.273 e. The molecular formula is C18H9F2N3O2S. The van der Waals surface area contributed by atoms with Crippen LogP contribution in [-0.2, 0) is 0 Å². The van der Waals surface area contributed by atoms with Crippen LogP contribution in [0.3, 0.4) is 0 Å². The number of halogens is 2. The number of hydrogen-bond donors (Lipinski definition) is 0. The van der Waals surface area contributed by atoms with E-state index in [1.807, 2.05) is 0 Å². The highest BCUT2D eigenvalue weighted by atomic mass is 32.1. The summed E-state index contributed by atoms with van der Waals surface area (Å²) in [6, 6.07) is 9.43. The number of aromatic nitrogens is 1. The lowest BCUT2D eigenvalue weighted by atomic mass is 10.3. The summed E-state index contributed by atoms with van der Waals surface area (Å²) in [6.45, 7) is 1.74. The fourth-order valence-electron chi connectivity index (χ4n) is 2.31. The van der Waals surface area contributed by atoms with Gasteiger partial charge in [0.1, 0.15) is 40.0 Å². The third-order valence-electron chi connectivity index (χ3n) is 3.45. The zero-order valence-corrected chi connectivity index (χ0v) is 14.1. The van der Waals surface area contributed by atoms with Crippen LogP contribution >= 0.6 is 11.3 Å². The largest absolute Gasteiger partial charge is 0.462 e. The van der Waals surface area contributed by atoms with Crippen LogP contribution in [0.15, 0.2) is 39.5 Å². The van der Waals surface area contributed by atoms with Crippen LogP contribution in [0.25, 0.3) is 17.3 Å². The van der Waals surface area contributed by atoms with Gasteiger partial charge in [-0.15, -0.1) is 11.3 Å². The van der Waals surface area contributed by atoms with E-state index in [0.717, 1.165) is 28.0 Å². The standard InChI is InChI=1S/C18H9F2N3O2S/c1-10-2-4-13(25-10)7-16-17(24)23(18(26-16)11(8-21)9-22)15-5-3-12(19)6-14(15)20/h2-7H,1H3/b16-7-. The lowest BCUT2D eigenvalue weighted by Gasteiger charge is -2.03. The number of nitriles is 2. The van der Waals surface area contributed by atoms with Gasteiger partial charge in [-0.1, -0.05) is 0 Å². The van der Waals surface area contributed by atoms with Gasteiger partial charge in [0.15, 0.2) is 5.57 Å². The SMILES string of the molecule is Cc1ccc(/C=c2\sc(=C(C#N)C#N)n(-c3ccc(F)cc3F)c2=O)o1. The van der Waals surface area contributed by atoms with E-state index in [4.69, 9.17) is 14.9 Å². The first-order chi connectivity index (χ1) is 12.4. The molecule has 0 fully saturated rings. The van der Waals surface area contributed by atoms with Crippen molar-refractivity contribution in [2.45, 2.75) is 6.92 Å². The molecule has 0 aliphatic rings. The van der Waals surface area contributed by atoms with E-state index in [1.54, 1.807) is 31.2 Å². The highest BCUT2D eigenvalue weighted by Crippen LogP contribution is 2.12. The zero-order chi connectivity index (χ0) is 18.8. The molecule has 0 atom stereocenters. The normalized spacial score (nSPS) is 11.2. The second-order valence-corrected chi connectivity index (χ2v) is 6.23. The van der Waals surface area contributed by atoms with Crippen molar-refractivity contribution in [3.05, 3.63) is 73.0 Å². The Morgan fingerprint density at radius 2 is 1.96 bits per heavy atom. The van der Waals surface area contributed by atoms with Crippen LogP contribution in [0.1, 0.15) is 11.5 Å². The first kappa shape index (κ1) is 17.3. The van der Waals surface area contributed by atoms with E-state index in [-0.39, 0.29) is 20.5 Å². The maximum atomic E-state index is 14.2. The number of rotatable bonds is 2. The van der Waals surface area contributed by atoms with Crippen LogP contribution in [0.2, 0.25) is 0 Å². The number of thiazole rings is 1. The Labute approximate surface area is 149 Å². The molecule has 0 bridgehead atoms. The molecule has 0 saturated carbocycles. The molecule has 3 aromatic rings. The minimum absolute atomic E-state index is 0.0416. The zero-order valence-electron chi connectivity index (χ0n) is 13.3. The van der Waals surface area contributed by atoms with Crippen LogP contribution < -0.4 is 14.8 Å². The van der Waals surface area contributed by atoms with Gasteiger partial charge < -0.3 is 4.42 Å². The van der Waals surface area contributed by atoms with E-state index < -0.39 is 17.2 Å². The Balaban J connectivity index is 2.43. The molecule has 0 aliphatic carbocycles. The average Bonchev–Trinajstić information content (AvgIpc) is 3.14. The van der Waals surface area contributed by atoms with Gasteiger partial charge in [0.05, 0.1) is 10.2 Å². The molecule has 2 aromatic heterocycles. The molecule has 0 spiro atoms. The van der Waals surface area contributed by atoms with Gasteiger partial charge in [-0.3, -0.25) is 9.36 Å². The Morgan fingerprint density at radius 1 is 1.23 bits per heavy atom. The molecule has 3 rings (SSSR count). The topological polar surface area (TPSA) is 82.7 Å². The summed E-state index contributed by atoms with van der Waals surface area (Å²) in [4.78, 5) is 12.8. The van der Waals surface area contributed by atoms with E-state index in [2.05, 4.69) is 0 Å². The molecule has 1 aromatic carbocycles. The first-order valence-corrected chi connectivity index (χ1v) is 8.06. The minimum atomic E-state index is -0.984. The summed E-state index contributed by atoms with van der Waals surface area (Å²) < 4.78 is 33.8. The Kier molecular flexibility index (Phi) is 4.53. The van der Waals surface area contributed by atoms with Gasteiger partial charge in [0, 0.05) is 12.1 Å². The molecule has 26 heavy (non-hydrogen) atoms. The summed E-state index contributed by atoms with van der Waals surface area (Å²) in [6.07, 6.45) is 1.44. The Hall–Kier alpha value is -3.49. The maximum absolute atomic E-state index is 14.2. The van der Waals surface area contributed by atoms with Crippen molar-refractivity contribution in [3.8, 4) is 17.8 Å². The molecule has 5 nitrogen and oxygen atoms in total. The summed E-state index contributed by atoms with van der Waals surface area (Å²) in [5, 5.41) is 18.3. The average molecular weight is 369 g/mol. The monoisotopic (exact) mass is 369 g/mol. The molecule has 0 saturated heterocycles. The molecule has 0 aliphatic heterocycles. The van der Waals surface area contributed by atoms with Crippen LogP contribution in [-0.4, -0.2) is 4.57 Å². The van der Waals surface area contributed by atoms with Gasteiger partial charge >= 0.3 is 0 Å². The number of benzene rings is 1. The van der Waals surface area contributed by atoms with E-state index >= 15 is 0 Å². The number of hydrogen-bond acceptors (Lipinski definition) is 5. The number of furan rings is 1. The van der Waals surface area contributed by atoms with Gasteiger partial charge in [-0.05, 0) is 31.2 Å². The first-order valence-electron chi connectivity index (χ1n) is 7.24. The van der Waals surface area contributed by atoms with Gasteiger partial charge in [-0.25, -0.2) is 8.78 Å². The van der Waals surface area contributed by atoms with Crippen molar-refractivity contribution in [1.29, 1.82) is 10.5 Å². The molecule has 0 radical (unpaired) electrons. The lowest BCUT2D eigenvalue weighted by molar-refractivity contribution is 0.525. The van der Waals surface area contributed by atoms with Crippen molar-refractivity contribution in [3.63, 3.8) is 0 Å². The van der Waals surface area contributed by atoms with E-state index in [1.165, 1.54) is 6.08 Å². The second kappa shape index (κ2) is 6.79. The fourth-order valence-corrected chi connectivity index (χ4v) is 3.34. The van der Waals surface area contributed by atoms with Crippen molar-refractivity contribution in [2.24, 2.45) is 0 Å². The predicted molar refractivity (Wildman–Crippen MR) is 90.7 cm³/mol.